The Morgan fingerprint density at radius 2 is 2.14 bits per heavy atom. The lowest BCUT2D eigenvalue weighted by atomic mass is 10.00. The lowest BCUT2D eigenvalue weighted by Crippen LogP contribution is -2.23. The fraction of sp³-hybridized carbons (Fsp3) is 0.412. The number of ether oxygens (including phenoxy) is 1. The predicted molar refractivity (Wildman–Crippen MR) is 86.2 cm³/mol. The van der Waals surface area contributed by atoms with Crippen molar-refractivity contribution in [3.8, 4) is 5.75 Å². The SMILES string of the molecule is CCCNC(Cc1cc(Cl)ccc1OC)c1coc(C)c1. The van der Waals surface area contributed by atoms with Crippen LogP contribution in [-0.4, -0.2) is 13.7 Å². The zero-order valence-electron chi connectivity index (χ0n) is 12.8. The number of rotatable bonds is 7. The van der Waals surface area contributed by atoms with Gasteiger partial charge in [0.15, 0.2) is 0 Å². The van der Waals surface area contributed by atoms with Gasteiger partial charge in [0.2, 0.25) is 0 Å². The summed E-state index contributed by atoms with van der Waals surface area (Å²) in [6.07, 6.45) is 3.71. The summed E-state index contributed by atoms with van der Waals surface area (Å²) >= 11 is 6.12. The van der Waals surface area contributed by atoms with Crippen LogP contribution >= 0.6 is 11.6 Å². The summed E-state index contributed by atoms with van der Waals surface area (Å²) < 4.78 is 10.9. The molecule has 0 spiro atoms. The van der Waals surface area contributed by atoms with Crippen LogP contribution in [0.25, 0.3) is 0 Å². The van der Waals surface area contributed by atoms with Gasteiger partial charge in [0.05, 0.1) is 13.4 Å². The summed E-state index contributed by atoms with van der Waals surface area (Å²) in [4.78, 5) is 0. The van der Waals surface area contributed by atoms with E-state index in [0.29, 0.717) is 0 Å². The Morgan fingerprint density at radius 3 is 2.76 bits per heavy atom. The van der Waals surface area contributed by atoms with E-state index in [4.69, 9.17) is 20.8 Å². The van der Waals surface area contributed by atoms with Crippen molar-refractivity contribution in [1.82, 2.24) is 5.32 Å². The third kappa shape index (κ3) is 4.26. The molecule has 1 aromatic carbocycles. The first-order valence-corrected chi connectivity index (χ1v) is 7.62. The van der Waals surface area contributed by atoms with Crippen LogP contribution in [0.5, 0.6) is 5.75 Å². The van der Waals surface area contributed by atoms with Gasteiger partial charge < -0.3 is 14.5 Å². The third-order valence-corrected chi connectivity index (χ3v) is 3.70. The fourth-order valence-electron chi connectivity index (χ4n) is 2.40. The molecule has 1 N–H and O–H groups in total. The third-order valence-electron chi connectivity index (χ3n) is 3.46. The van der Waals surface area contributed by atoms with Gasteiger partial charge in [-0.05, 0) is 56.1 Å². The number of furan rings is 1. The van der Waals surface area contributed by atoms with Gasteiger partial charge in [-0.15, -0.1) is 0 Å². The topological polar surface area (TPSA) is 34.4 Å². The number of aryl methyl sites for hydroxylation is 1. The van der Waals surface area contributed by atoms with Gasteiger partial charge in [-0.2, -0.15) is 0 Å². The van der Waals surface area contributed by atoms with E-state index in [1.165, 1.54) is 0 Å². The molecule has 0 saturated heterocycles. The van der Waals surface area contributed by atoms with E-state index in [0.717, 1.165) is 47.0 Å². The molecular weight excluding hydrogens is 286 g/mol. The smallest absolute Gasteiger partial charge is 0.122 e. The van der Waals surface area contributed by atoms with E-state index in [2.05, 4.69) is 18.3 Å². The van der Waals surface area contributed by atoms with E-state index < -0.39 is 0 Å². The van der Waals surface area contributed by atoms with Crippen molar-refractivity contribution < 1.29 is 9.15 Å². The van der Waals surface area contributed by atoms with Gasteiger partial charge in [0.25, 0.3) is 0 Å². The summed E-state index contributed by atoms with van der Waals surface area (Å²) in [7, 11) is 1.68. The molecule has 1 aromatic heterocycles. The molecular formula is C17H22ClNO2. The van der Waals surface area contributed by atoms with Crippen LogP contribution in [0, 0.1) is 6.92 Å². The Balaban J connectivity index is 2.24. The summed E-state index contributed by atoms with van der Waals surface area (Å²) in [6, 6.07) is 7.99. The number of benzene rings is 1. The molecule has 114 valence electrons. The van der Waals surface area contributed by atoms with Gasteiger partial charge in [-0.1, -0.05) is 18.5 Å². The molecule has 0 bridgehead atoms. The van der Waals surface area contributed by atoms with E-state index in [-0.39, 0.29) is 6.04 Å². The number of halogens is 1. The molecule has 0 saturated carbocycles. The van der Waals surface area contributed by atoms with E-state index >= 15 is 0 Å². The lowest BCUT2D eigenvalue weighted by Gasteiger charge is -2.19. The number of nitrogens with one attached hydrogen (secondary N) is 1. The highest BCUT2D eigenvalue weighted by molar-refractivity contribution is 6.30. The van der Waals surface area contributed by atoms with Crippen molar-refractivity contribution in [3.63, 3.8) is 0 Å². The van der Waals surface area contributed by atoms with Crippen LogP contribution in [0.1, 0.15) is 36.3 Å². The Hall–Kier alpha value is -1.45. The van der Waals surface area contributed by atoms with Gasteiger partial charge in [-0.3, -0.25) is 0 Å². The maximum atomic E-state index is 6.12. The average Bonchev–Trinajstić information content (AvgIpc) is 2.90. The highest BCUT2D eigenvalue weighted by atomic mass is 35.5. The van der Waals surface area contributed by atoms with Crippen LogP contribution in [0.4, 0.5) is 0 Å². The Morgan fingerprint density at radius 1 is 1.33 bits per heavy atom. The second kappa shape index (κ2) is 7.53. The van der Waals surface area contributed by atoms with Crippen molar-refractivity contribution in [3.05, 3.63) is 52.4 Å². The van der Waals surface area contributed by atoms with Crippen LogP contribution in [0.3, 0.4) is 0 Å². The lowest BCUT2D eigenvalue weighted by molar-refractivity contribution is 0.405. The molecule has 0 aliphatic heterocycles. The number of hydrogen-bond acceptors (Lipinski definition) is 3. The number of hydrogen-bond donors (Lipinski definition) is 1. The van der Waals surface area contributed by atoms with Gasteiger partial charge in [-0.25, -0.2) is 0 Å². The molecule has 0 aliphatic carbocycles. The molecule has 2 aromatic rings. The van der Waals surface area contributed by atoms with Crippen LogP contribution in [0.15, 0.2) is 34.9 Å². The molecule has 0 amide bonds. The molecule has 3 nitrogen and oxygen atoms in total. The Bertz CT molecular complexity index is 580. The first-order valence-electron chi connectivity index (χ1n) is 7.25. The molecule has 0 radical (unpaired) electrons. The van der Waals surface area contributed by atoms with Gasteiger partial charge >= 0.3 is 0 Å². The number of methoxy groups -OCH3 is 1. The van der Waals surface area contributed by atoms with Gasteiger partial charge in [0, 0.05) is 16.6 Å². The second-order valence-corrected chi connectivity index (χ2v) is 5.59. The van der Waals surface area contributed by atoms with Crippen molar-refractivity contribution in [2.45, 2.75) is 32.7 Å². The van der Waals surface area contributed by atoms with Gasteiger partial charge in [0.1, 0.15) is 11.5 Å². The van der Waals surface area contributed by atoms with Crippen LogP contribution in [0.2, 0.25) is 5.02 Å². The Labute approximate surface area is 131 Å². The van der Waals surface area contributed by atoms with E-state index in [9.17, 15) is 0 Å². The average molecular weight is 308 g/mol. The molecule has 2 rings (SSSR count). The standard InChI is InChI=1S/C17H22ClNO2/c1-4-7-19-16(14-8-12(2)21-11-14)10-13-9-15(18)5-6-17(13)20-3/h5-6,8-9,11,16,19H,4,7,10H2,1-3H3. The fourth-order valence-corrected chi connectivity index (χ4v) is 2.59. The summed E-state index contributed by atoms with van der Waals surface area (Å²) in [5.41, 5.74) is 2.25. The molecule has 0 fully saturated rings. The highest BCUT2D eigenvalue weighted by Crippen LogP contribution is 2.28. The van der Waals surface area contributed by atoms with E-state index in [1.807, 2.05) is 31.4 Å². The molecule has 1 atom stereocenters. The van der Waals surface area contributed by atoms with Crippen LogP contribution < -0.4 is 10.1 Å². The minimum atomic E-state index is 0.190. The quantitative estimate of drug-likeness (QED) is 0.816. The Kier molecular flexibility index (Phi) is 5.71. The molecule has 1 unspecified atom stereocenters. The maximum Gasteiger partial charge on any atom is 0.122 e. The zero-order valence-corrected chi connectivity index (χ0v) is 13.5. The predicted octanol–water partition coefficient (Wildman–Crippen LogP) is 4.53. The monoisotopic (exact) mass is 307 g/mol. The first-order chi connectivity index (χ1) is 10.1. The zero-order chi connectivity index (χ0) is 15.2. The van der Waals surface area contributed by atoms with E-state index in [1.54, 1.807) is 7.11 Å². The first kappa shape index (κ1) is 15.9. The highest BCUT2D eigenvalue weighted by Gasteiger charge is 2.16. The minimum absolute atomic E-state index is 0.190. The maximum absolute atomic E-state index is 6.12. The largest absolute Gasteiger partial charge is 0.496 e. The van der Waals surface area contributed by atoms with Crippen molar-refractivity contribution in [2.75, 3.05) is 13.7 Å². The minimum Gasteiger partial charge on any atom is -0.496 e. The molecule has 4 heteroatoms. The van der Waals surface area contributed by atoms with Crippen molar-refractivity contribution >= 4 is 11.6 Å². The molecule has 1 heterocycles. The van der Waals surface area contributed by atoms with Crippen molar-refractivity contribution in [2.24, 2.45) is 0 Å². The van der Waals surface area contributed by atoms with Crippen LogP contribution in [-0.2, 0) is 6.42 Å². The molecule has 21 heavy (non-hydrogen) atoms. The summed E-state index contributed by atoms with van der Waals surface area (Å²) in [5, 5.41) is 4.29. The normalized spacial score (nSPS) is 12.4. The summed E-state index contributed by atoms with van der Waals surface area (Å²) in [5.74, 6) is 1.79. The van der Waals surface area contributed by atoms with Crippen molar-refractivity contribution in [1.29, 1.82) is 0 Å². The molecule has 0 aliphatic rings. The summed E-state index contributed by atoms with van der Waals surface area (Å²) in [6.45, 7) is 5.07. The second-order valence-electron chi connectivity index (χ2n) is 5.16.